The Hall–Kier alpha value is -2.05. The lowest BCUT2D eigenvalue weighted by molar-refractivity contribution is 0.0264. The van der Waals surface area contributed by atoms with Crippen molar-refractivity contribution in [2.75, 3.05) is 25.0 Å². The van der Waals surface area contributed by atoms with E-state index in [2.05, 4.69) is 52.0 Å². The van der Waals surface area contributed by atoms with Gasteiger partial charge in [0.05, 0.1) is 33.0 Å². The van der Waals surface area contributed by atoms with E-state index in [4.69, 9.17) is 40.2 Å². The summed E-state index contributed by atoms with van der Waals surface area (Å²) in [5.41, 5.74) is 6.17. The summed E-state index contributed by atoms with van der Waals surface area (Å²) in [5, 5.41) is 5.67. The van der Waals surface area contributed by atoms with Crippen LogP contribution in [0.1, 0.15) is 43.5 Å². The number of rotatable bonds is 4. The first kappa shape index (κ1) is 22.4. The second kappa shape index (κ2) is 8.56. The Balaban J connectivity index is 1.38. The van der Waals surface area contributed by atoms with Gasteiger partial charge in [-0.05, 0) is 68.2 Å². The summed E-state index contributed by atoms with van der Waals surface area (Å²) in [6, 6.07) is 14.6. The van der Waals surface area contributed by atoms with Gasteiger partial charge in [0.1, 0.15) is 6.61 Å². The third-order valence-electron chi connectivity index (χ3n) is 7.86. The van der Waals surface area contributed by atoms with Crippen molar-refractivity contribution in [3.05, 3.63) is 69.8 Å². The standard InChI is InChI=1S/C27H27Cl2N3OS/c1-2-27-12-6-13-31-14-11-19-18-7-3-4-10-22(18)32(24(19)25(27)31)17(15-27)16-33-26(34)30-21-9-5-8-20(28)23(21)29/h3-5,7-10,15,25H,2,6,11-14,16H2,1H3,(H,30,34)/t25-,27+/m1/s1. The first-order valence-electron chi connectivity index (χ1n) is 12.0. The first-order chi connectivity index (χ1) is 16.5. The Kier molecular flexibility index (Phi) is 5.64. The van der Waals surface area contributed by atoms with Crippen molar-refractivity contribution >= 4 is 62.9 Å². The molecule has 4 heterocycles. The highest BCUT2D eigenvalue weighted by molar-refractivity contribution is 7.80. The van der Waals surface area contributed by atoms with Gasteiger partial charge in [0.25, 0.3) is 5.17 Å². The van der Waals surface area contributed by atoms with Crippen molar-refractivity contribution in [2.24, 2.45) is 5.41 Å². The smallest absolute Gasteiger partial charge is 0.261 e. The van der Waals surface area contributed by atoms with Crippen LogP contribution in [0.4, 0.5) is 5.69 Å². The van der Waals surface area contributed by atoms with Gasteiger partial charge in [0.15, 0.2) is 0 Å². The quantitative estimate of drug-likeness (QED) is 0.372. The molecule has 7 heteroatoms. The fraction of sp³-hybridized carbons (Fsp3) is 0.370. The molecular formula is C27H27Cl2N3OS. The zero-order valence-corrected chi connectivity index (χ0v) is 21.4. The van der Waals surface area contributed by atoms with Gasteiger partial charge in [-0.1, -0.05) is 60.5 Å². The van der Waals surface area contributed by atoms with Crippen molar-refractivity contribution in [2.45, 2.75) is 38.6 Å². The van der Waals surface area contributed by atoms with Crippen LogP contribution < -0.4 is 5.32 Å². The second-order valence-electron chi connectivity index (χ2n) is 9.53. The summed E-state index contributed by atoms with van der Waals surface area (Å²) in [6.45, 7) is 5.05. The average Bonchev–Trinajstić information content (AvgIpc) is 3.20. The molecule has 0 saturated carbocycles. The van der Waals surface area contributed by atoms with Gasteiger partial charge < -0.3 is 14.6 Å². The molecule has 2 atom stereocenters. The number of ether oxygens (including phenoxy) is 1. The highest BCUT2D eigenvalue weighted by Crippen LogP contribution is 2.56. The number of aromatic nitrogens is 1. The highest BCUT2D eigenvalue weighted by atomic mass is 35.5. The van der Waals surface area contributed by atoms with E-state index in [0.717, 1.165) is 19.4 Å². The molecule has 0 radical (unpaired) electrons. The Morgan fingerprint density at radius 2 is 2.03 bits per heavy atom. The van der Waals surface area contributed by atoms with Crippen molar-refractivity contribution in [3.8, 4) is 0 Å². The molecule has 1 aromatic heterocycles. The van der Waals surface area contributed by atoms with E-state index >= 15 is 0 Å². The maximum Gasteiger partial charge on any atom is 0.261 e. The molecule has 2 aromatic carbocycles. The third kappa shape index (κ3) is 3.40. The van der Waals surface area contributed by atoms with Crippen molar-refractivity contribution in [1.29, 1.82) is 0 Å². The predicted octanol–water partition coefficient (Wildman–Crippen LogP) is 7.31. The zero-order valence-electron chi connectivity index (χ0n) is 19.1. The molecule has 0 bridgehead atoms. The summed E-state index contributed by atoms with van der Waals surface area (Å²) < 4.78 is 8.58. The van der Waals surface area contributed by atoms with E-state index < -0.39 is 0 Å². The minimum atomic E-state index is 0.127. The molecule has 4 nitrogen and oxygen atoms in total. The second-order valence-corrected chi connectivity index (χ2v) is 10.7. The average molecular weight is 513 g/mol. The van der Waals surface area contributed by atoms with E-state index in [0.29, 0.717) is 28.4 Å². The maximum absolute atomic E-state index is 6.32. The minimum absolute atomic E-state index is 0.127. The number of thiocarbonyl (C=S) groups is 1. The number of benzene rings is 2. The van der Waals surface area contributed by atoms with Crippen LogP contribution >= 0.6 is 35.4 Å². The third-order valence-corrected chi connectivity index (χ3v) is 8.90. The number of nitrogens with zero attached hydrogens (tertiary/aromatic N) is 2. The normalized spacial score (nSPS) is 23.4. The Morgan fingerprint density at radius 1 is 1.18 bits per heavy atom. The SMILES string of the molecule is CC[C@@]12C=C(COC(=S)Nc3cccc(Cl)c3Cl)n3c4c(c5ccccc53)CCN(CCC1)[C@H]42. The highest BCUT2D eigenvalue weighted by Gasteiger charge is 2.50. The number of halogens is 2. The fourth-order valence-electron chi connectivity index (χ4n) is 6.38. The van der Waals surface area contributed by atoms with E-state index in [9.17, 15) is 0 Å². The summed E-state index contributed by atoms with van der Waals surface area (Å²) in [4.78, 5) is 2.71. The molecule has 0 unspecified atom stereocenters. The first-order valence-corrected chi connectivity index (χ1v) is 13.1. The minimum Gasteiger partial charge on any atom is -0.464 e. The molecule has 3 aliphatic heterocycles. The molecule has 0 amide bonds. The number of piperidine rings is 1. The summed E-state index contributed by atoms with van der Waals surface area (Å²) in [6.07, 6.45) is 7.14. The molecule has 3 aromatic rings. The molecule has 6 rings (SSSR count). The van der Waals surface area contributed by atoms with Crippen LogP contribution in [0.5, 0.6) is 0 Å². The largest absolute Gasteiger partial charge is 0.464 e. The van der Waals surface area contributed by atoms with Crippen molar-refractivity contribution < 1.29 is 4.74 Å². The summed E-state index contributed by atoms with van der Waals surface area (Å²) in [5.74, 6) is 0. The van der Waals surface area contributed by atoms with Crippen LogP contribution in [-0.4, -0.2) is 34.3 Å². The van der Waals surface area contributed by atoms with Crippen LogP contribution in [0.25, 0.3) is 16.6 Å². The molecule has 34 heavy (non-hydrogen) atoms. The van der Waals surface area contributed by atoms with Gasteiger partial charge in [-0.15, -0.1) is 0 Å². The molecule has 0 aliphatic carbocycles. The van der Waals surface area contributed by atoms with Gasteiger partial charge in [-0.3, -0.25) is 4.90 Å². The lowest BCUT2D eigenvalue weighted by Crippen LogP contribution is -2.50. The fourth-order valence-corrected chi connectivity index (χ4v) is 6.90. The van der Waals surface area contributed by atoms with Gasteiger partial charge >= 0.3 is 0 Å². The molecule has 3 aliphatic rings. The summed E-state index contributed by atoms with van der Waals surface area (Å²) >= 11 is 18.0. The van der Waals surface area contributed by atoms with Crippen molar-refractivity contribution in [1.82, 2.24) is 9.47 Å². The molecule has 176 valence electrons. The molecular weight excluding hydrogens is 485 g/mol. The lowest BCUT2D eigenvalue weighted by Gasteiger charge is -2.53. The Bertz CT molecular complexity index is 1330. The molecule has 0 spiro atoms. The molecule has 1 saturated heterocycles. The summed E-state index contributed by atoms with van der Waals surface area (Å²) in [7, 11) is 0. The van der Waals surface area contributed by atoms with Crippen LogP contribution in [0, 0.1) is 5.41 Å². The lowest BCUT2D eigenvalue weighted by atomic mass is 9.66. The Morgan fingerprint density at radius 3 is 2.88 bits per heavy atom. The van der Waals surface area contributed by atoms with E-state index in [-0.39, 0.29) is 10.6 Å². The number of fused-ring (bicyclic) bond motifs is 3. The number of hydrogen-bond donors (Lipinski definition) is 1. The number of para-hydroxylation sites is 1. The van der Waals surface area contributed by atoms with Crippen LogP contribution in [0.3, 0.4) is 0 Å². The van der Waals surface area contributed by atoms with E-state index in [1.165, 1.54) is 47.2 Å². The van der Waals surface area contributed by atoms with Crippen molar-refractivity contribution in [3.63, 3.8) is 0 Å². The van der Waals surface area contributed by atoms with Gasteiger partial charge in [-0.25, -0.2) is 0 Å². The monoisotopic (exact) mass is 511 g/mol. The number of anilines is 1. The van der Waals surface area contributed by atoms with Gasteiger partial charge in [0, 0.05) is 23.0 Å². The van der Waals surface area contributed by atoms with E-state index in [1.54, 1.807) is 6.07 Å². The maximum atomic E-state index is 6.32. The predicted molar refractivity (Wildman–Crippen MR) is 145 cm³/mol. The zero-order chi connectivity index (χ0) is 23.4. The van der Waals surface area contributed by atoms with E-state index in [1.807, 2.05) is 12.1 Å². The van der Waals surface area contributed by atoms with Crippen LogP contribution in [0.15, 0.2) is 48.5 Å². The van der Waals surface area contributed by atoms with Crippen LogP contribution in [0.2, 0.25) is 10.0 Å². The van der Waals surface area contributed by atoms with Crippen LogP contribution in [-0.2, 0) is 11.2 Å². The molecule has 1 fully saturated rings. The van der Waals surface area contributed by atoms with Gasteiger partial charge in [-0.2, -0.15) is 0 Å². The number of hydrogen-bond acceptors (Lipinski definition) is 3. The Labute approximate surface area is 215 Å². The molecule has 1 N–H and O–H groups in total. The topological polar surface area (TPSA) is 29.4 Å². The van der Waals surface area contributed by atoms with Gasteiger partial charge in [0.2, 0.25) is 0 Å². The number of nitrogens with one attached hydrogen (secondary N) is 1.